The molecule has 1 aliphatic heterocycles. The van der Waals surface area contributed by atoms with Crippen molar-refractivity contribution in [3.8, 4) is 22.8 Å². The van der Waals surface area contributed by atoms with Gasteiger partial charge >= 0.3 is 0 Å². The molecule has 0 spiro atoms. The van der Waals surface area contributed by atoms with Gasteiger partial charge in [0.15, 0.2) is 0 Å². The summed E-state index contributed by atoms with van der Waals surface area (Å²) in [5.41, 5.74) is 9.39. The molecular formula is C31H38FN5O2. The quantitative estimate of drug-likeness (QED) is 0.403. The third kappa shape index (κ3) is 7.20. The van der Waals surface area contributed by atoms with Gasteiger partial charge < -0.3 is 21.1 Å². The number of hydrogen-bond acceptors (Lipinski definition) is 6. The zero-order valence-corrected chi connectivity index (χ0v) is 22.7. The van der Waals surface area contributed by atoms with Gasteiger partial charge in [0.25, 0.3) is 5.91 Å². The molecule has 8 heteroatoms. The second-order valence-corrected chi connectivity index (χ2v) is 11.1. The number of halogens is 1. The Kier molecular flexibility index (Phi) is 8.55. The summed E-state index contributed by atoms with van der Waals surface area (Å²) in [6, 6.07) is 18.5. The van der Waals surface area contributed by atoms with E-state index < -0.39 is 11.7 Å². The summed E-state index contributed by atoms with van der Waals surface area (Å²) in [6.07, 6.45) is 4.39. The number of aromatic nitrogens is 1. The number of carbonyl (C=O) groups excluding carboxylic acids is 1. The molecule has 3 aromatic rings. The Balaban J connectivity index is 1.31. The van der Waals surface area contributed by atoms with Crippen molar-refractivity contribution < 1.29 is 13.9 Å². The molecule has 39 heavy (non-hydrogen) atoms. The number of benzene rings is 2. The lowest BCUT2D eigenvalue weighted by atomic mass is 9.91. The zero-order chi connectivity index (χ0) is 27.4. The van der Waals surface area contributed by atoms with Crippen LogP contribution in [0.15, 0.2) is 60.8 Å². The molecule has 0 bridgehead atoms. The maximum atomic E-state index is 14.1. The van der Waals surface area contributed by atoms with Gasteiger partial charge in [-0.3, -0.25) is 9.69 Å². The molecular weight excluding hydrogens is 493 g/mol. The Morgan fingerprint density at radius 1 is 1.05 bits per heavy atom. The molecule has 2 heterocycles. The summed E-state index contributed by atoms with van der Waals surface area (Å²) < 4.78 is 20.1. The first kappa shape index (κ1) is 27.2. The molecule has 5 rings (SSSR count). The minimum Gasteiger partial charge on any atom is -0.438 e. The van der Waals surface area contributed by atoms with Gasteiger partial charge in [-0.2, -0.15) is 0 Å². The van der Waals surface area contributed by atoms with Crippen LogP contribution in [-0.4, -0.2) is 53.0 Å². The number of carbonyl (C=O) groups is 1. The van der Waals surface area contributed by atoms with Crippen molar-refractivity contribution in [2.75, 3.05) is 13.1 Å². The smallest absolute Gasteiger partial charge is 0.257 e. The number of rotatable bonds is 7. The lowest BCUT2D eigenvalue weighted by Gasteiger charge is -2.36. The average molecular weight is 532 g/mol. The summed E-state index contributed by atoms with van der Waals surface area (Å²) in [5, 5.41) is 6.59. The number of nitrogens with two attached hydrogens (primary N) is 1. The van der Waals surface area contributed by atoms with Crippen LogP contribution in [0.25, 0.3) is 11.1 Å². The lowest BCUT2D eigenvalue weighted by Crippen LogP contribution is -2.53. The van der Waals surface area contributed by atoms with Crippen LogP contribution in [0.1, 0.15) is 55.5 Å². The van der Waals surface area contributed by atoms with Crippen molar-refractivity contribution in [3.05, 3.63) is 77.7 Å². The third-order valence-corrected chi connectivity index (χ3v) is 7.52. The Morgan fingerprint density at radius 2 is 1.74 bits per heavy atom. The maximum Gasteiger partial charge on any atom is 0.257 e. The highest BCUT2D eigenvalue weighted by Gasteiger charge is 2.24. The van der Waals surface area contributed by atoms with Crippen molar-refractivity contribution >= 4 is 5.91 Å². The Hall–Kier alpha value is -3.33. The topological polar surface area (TPSA) is 92.5 Å². The standard InChI is InChI=1S/C31H38FN5O2/c1-20-17-37(18-21(2)35-20)19-22-5-3-6-23(13-22)24-7-4-8-28(14-24)39-31-29(15-25(32)16-34-31)30(38)36-27-11-9-26(33)10-12-27/h3-8,13-16,20-21,26-27,35H,9-12,17-19,33H2,1-2H3,(H,36,38)/t20-,21+,26-,27-. The van der Waals surface area contributed by atoms with E-state index in [1.165, 1.54) is 11.6 Å². The normalized spacial score (nSPS) is 23.8. The molecule has 1 saturated carbocycles. The van der Waals surface area contributed by atoms with Gasteiger partial charge in [-0.1, -0.05) is 30.3 Å². The molecule has 0 unspecified atom stereocenters. The van der Waals surface area contributed by atoms with Gasteiger partial charge in [0.05, 0.1) is 6.20 Å². The predicted octanol–water partition coefficient (Wildman–Crippen LogP) is 4.86. The summed E-state index contributed by atoms with van der Waals surface area (Å²) in [4.78, 5) is 19.6. The summed E-state index contributed by atoms with van der Waals surface area (Å²) >= 11 is 0. The fraction of sp³-hybridized carbons (Fsp3) is 0.419. The van der Waals surface area contributed by atoms with Crippen LogP contribution in [0.4, 0.5) is 4.39 Å². The van der Waals surface area contributed by atoms with Gasteiger partial charge in [-0.15, -0.1) is 0 Å². The van der Waals surface area contributed by atoms with E-state index >= 15 is 0 Å². The van der Waals surface area contributed by atoms with Crippen molar-refractivity contribution in [1.82, 2.24) is 20.5 Å². The molecule has 4 N–H and O–H groups in total. The minimum atomic E-state index is -0.586. The van der Waals surface area contributed by atoms with Gasteiger partial charge in [0.1, 0.15) is 17.1 Å². The number of ether oxygens (including phenoxy) is 1. The van der Waals surface area contributed by atoms with E-state index in [0.29, 0.717) is 17.8 Å². The highest BCUT2D eigenvalue weighted by atomic mass is 19.1. The van der Waals surface area contributed by atoms with Crippen molar-refractivity contribution in [3.63, 3.8) is 0 Å². The number of piperazine rings is 1. The number of pyridine rings is 1. The molecule has 1 aliphatic carbocycles. The second kappa shape index (κ2) is 12.2. The highest BCUT2D eigenvalue weighted by Crippen LogP contribution is 2.29. The van der Waals surface area contributed by atoms with E-state index in [1.54, 1.807) is 0 Å². The Labute approximate surface area is 230 Å². The maximum absolute atomic E-state index is 14.1. The number of nitrogens with one attached hydrogen (secondary N) is 2. The molecule has 1 aromatic heterocycles. The number of hydrogen-bond donors (Lipinski definition) is 3. The van der Waals surface area contributed by atoms with Gasteiger partial charge in [-0.05, 0) is 80.5 Å². The van der Waals surface area contributed by atoms with E-state index in [2.05, 4.69) is 58.6 Å². The average Bonchev–Trinajstić information content (AvgIpc) is 2.91. The van der Waals surface area contributed by atoms with Crippen LogP contribution < -0.4 is 21.1 Å². The van der Waals surface area contributed by atoms with Crippen LogP contribution in [0, 0.1) is 5.82 Å². The molecule has 0 radical (unpaired) electrons. The van der Waals surface area contributed by atoms with E-state index in [4.69, 9.17) is 10.5 Å². The number of nitrogens with zero attached hydrogens (tertiary/aromatic N) is 2. The predicted molar refractivity (Wildman–Crippen MR) is 151 cm³/mol. The molecule has 2 atom stereocenters. The van der Waals surface area contributed by atoms with Crippen LogP contribution in [0.5, 0.6) is 11.6 Å². The molecule has 2 aromatic carbocycles. The molecule has 2 aliphatic rings. The largest absolute Gasteiger partial charge is 0.438 e. The van der Waals surface area contributed by atoms with E-state index in [0.717, 1.165) is 62.6 Å². The second-order valence-electron chi connectivity index (χ2n) is 11.1. The third-order valence-electron chi connectivity index (χ3n) is 7.52. The molecule has 206 valence electrons. The van der Waals surface area contributed by atoms with Gasteiger partial charge in [0.2, 0.25) is 5.88 Å². The molecule has 1 amide bonds. The SMILES string of the molecule is C[C@@H]1CN(Cc2cccc(-c3cccc(Oc4ncc(F)cc4C(=O)N[C@H]4CC[C@H](N)CC4)c3)c2)C[C@H](C)N1. The first-order chi connectivity index (χ1) is 18.8. The Bertz CT molecular complexity index is 1280. The summed E-state index contributed by atoms with van der Waals surface area (Å²) in [5.74, 6) is -0.372. The van der Waals surface area contributed by atoms with E-state index in [9.17, 15) is 9.18 Å². The van der Waals surface area contributed by atoms with Crippen LogP contribution >= 0.6 is 0 Å². The first-order valence-corrected chi connectivity index (χ1v) is 13.9. The minimum absolute atomic E-state index is 0.0108. The van der Waals surface area contributed by atoms with Crippen molar-refractivity contribution in [2.24, 2.45) is 5.73 Å². The first-order valence-electron chi connectivity index (χ1n) is 13.9. The lowest BCUT2D eigenvalue weighted by molar-refractivity contribution is 0.0922. The van der Waals surface area contributed by atoms with Crippen molar-refractivity contribution in [1.29, 1.82) is 0 Å². The summed E-state index contributed by atoms with van der Waals surface area (Å²) in [6.45, 7) is 7.38. The van der Waals surface area contributed by atoms with Crippen LogP contribution in [0.3, 0.4) is 0 Å². The zero-order valence-electron chi connectivity index (χ0n) is 22.7. The fourth-order valence-corrected chi connectivity index (χ4v) is 5.72. The highest BCUT2D eigenvalue weighted by molar-refractivity contribution is 5.96. The molecule has 1 saturated heterocycles. The van der Waals surface area contributed by atoms with E-state index in [1.807, 2.05) is 24.3 Å². The Morgan fingerprint density at radius 3 is 2.49 bits per heavy atom. The molecule has 2 fully saturated rings. The van der Waals surface area contributed by atoms with E-state index in [-0.39, 0.29) is 23.5 Å². The fourth-order valence-electron chi connectivity index (χ4n) is 5.72. The van der Waals surface area contributed by atoms with Gasteiger partial charge in [0, 0.05) is 43.8 Å². The van der Waals surface area contributed by atoms with Crippen LogP contribution in [0.2, 0.25) is 0 Å². The number of amides is 1. The monoisotopic (exact) mass is 531 g/mol. The van der Waals surface area contributed by atoms with Crippen molar-refractivity contribution in [2.45, 2.75) is 70.2 Å². The van der Waals surface area contributed by atoms with Gasteiger partial charge in [-0.25, -0.2) is 9.37 Å². The summed E-state index contributed by atoms with van der Waals surface area (Å²) in [7, 11) is 0. The molecule has 7 nitrogen and oxygen atoms in total. The van der Waals surface area contributed by atoms with Crippen LogP contribution in [-0.2, 0) is 6.54 Å².